The number of carbonyl (C=O) groups is 1. The van der Waals surface area contributed by atoms with E-state index in [4.69, 9.17) is 9.47 Å². The van der Waals surface area contributed by atoms with Gasteiger partial charge in [0.1, 0.15) is 12.4 Å². The number of ether oxygens (including phenoxy) is 2. The Bertz CT molecular complexity index is 754. The van der Waals surface area contributed by atoms with Crippen LogP contribution in [0.1, 0.15) is 42.6 Å². The average Bonchev–Trinajstić information content (AvgIpc) is 3.31. The number of nitrogens with zero attached hydrogens (tertiary/aromatic N) is 1. The van der Waals surface area contributed by atoms with Crippen LogP contribution in [0.5, 0.6) is 5.75 Å². The Balaban J connectivity index is 1.53. The molecule has 1 N–H and O–H groups in total. The molecule has 1 fully saturated rings. The molecule has 1 heterocycles. The number of hydrogen-bond acceptors (Lipinski definition) is 4. The van der Waals surface area contributed by atoms with Crippen LogP contribution in [-0.4, -0.2) is 55.8 Å². The van der Waals surface area contributed by atoms with Crippen molar-refractivity contribution in [2.75, 3.05) is 32.8 Å². The van der Waals surface area contributed by atoms with E-state index in [-0.39, 0.29) is 18.1 Å². The van der Waals surface area contributed by atoms with Gasteiger partial charge < -0.3 is 14.8 Å². The summed E-state index contributed by atoms with van der Waals surface area (Å²) in [7, 11) is 0. The minimum absolute atomic E-state index is 0.0501. The summed E-state index contributed by atoms with van der Waals surface area (Å²) < 4.78 is 11.4. The average molecular weight is 411 g/mol. The summed E-state index contributed by atoms with van der Waals surface area (Å²) in [6.07, 6.45) is 3.26. The number of amides is 1. The van der Waals surface area contributed by atoms with Gasteiger partial charge >= 0.3 is 0 Å². The normalized spacial score (nSPS) is 17.1. The SMILES string of the molecule is CCN(CC)[C@@H](CNC(=O)c1ccc(OC[C@H]2CCCO2)cc1)Cc1ccccc1. The molecule has 1 aliphatic heterocycles. The van der Waals surface area contributed by atoms with Crippen LogP contribution in [0.3, 0.4) is 0 Å². The van der Waals surface area contributed by atoms with Crippen LogP contribution in [0.2, 0.25) is 0 Å². The van der Waals surface area contributed by atoms with Crippen LogP contribution in [0, 0.1) is 0 Å². The van der Waals surface area contributed by atoms with Gasteiger partial charge in [-0.05, 0) is 62.2 Å². The summed E-state index contributed by atoms with van der Waals surface area (Å²) in [5.74, 6) is 0.720. The van der Waals surface area contributed by atoms with Gasteiger partial charge in [-0.15, -0.1) is 0 Å². The van der Waals surface area contributed by atoms with E-state index in [9.17, 15) is 4.79 Å². The Hall–Kier alpha value is -2.37. The fourth-order valence-corrected chi connectivity index (χ4v) is 3.94. The predicted molar refractivity (Wildman–Crippen MR) is 120 cm³/mol. The monoisotopic (exact) mass is 410 g/mol. The Morgan fingerprint density at radius 2 is 1.87 bits per heavy atom. The first-order valence-electron chi connectivity index (χ1n) is 11.1. The van der Waals surface area contributed by atoms with Crippen molar-refractivity contribution in [2.45, 2.75) is 45.3 Å². The number of hydrogen-bond donors (Lipinski definition) is 1. The second-order valence-electron chi connectivity index (χ2n) is 7.75. The molecule has 30 heavy (non-hydrogen) atoms. The zero-order valence-corrected chi connectivity index (χ0v) is 18.2. The zero-order valence-electron chi connectivity index (χ0n) is 18.2. The highest BCUT2D eigenvalue weighted by Crippen LogP contribution is 2.17. The van der Waals surface area contributed by atoms with Crippen molar-refractivity contribution >= 4 is 5.91 Å². The van der Waals surface area contributed by atoms with E-state index < -0.39 is 0 Å². The lowest BCUT2D eigenvalue weighted by atomic mass is 10.0. The van der Waals surface area contributed by atoms with Gasteiger partial charge in [-0.1, -0.05) is 44.2 Å². The summed E-state index contributed by atoms with van der Waals surface area (Å²) >= 11 is 0. The first-order valence-corrected chi connectivity index (χ1v) is 11.1. The lowest BCUT2D eigenvalue weighted by Gasteiger charge is -2.30. The highest BCUT2D eigenvalue weighted by molar-refractivity contribution is 5.94. The van der Waals surface area contributed by atoms with Gasteiger partial charge in [0.25, 0.3) is 5.91 Å². The molecule has 2 aromatic rings. The summed E-state index contributed by atoms with van der Waals surface area (Å²) in [5.41, 5.74) is 1.94. The number of nitrogens with one attached hydrogen (secondary N) is 1. The first kappa shape index (κ1) is 22.3. The fourth-order valence-electron chi connectivity index (χ4n) is 3.94. The molecule has 2 atom stereocenters. The third kappa shape index (κ3) is 6.57. The van der Waals surface area contributed by atoms with Crippen molar-refractivity contribution in [3.63, 3.8) is 0 Å². The standard InChI is InChI=1S/C25H34N2O3/c1-3-27(4-2)22(17-20-9-6-5-7-10-20)18-26-25(28)21-12-14-23(15-13-21)30-19-24-11-8-16-29-24/h5-7,9-10,12-15,22,24H,3-4,8,11,16-19H2,1-2H3,(H,26,28)/t22-,24-/m1/s1. The Kier molecular flexibility index (Phi) is 8.72. The van der Waals surface area contributed by atoms with Gasteiger partial charge in [-0.2, -0.15) is 0 Å². The molecule has 0 spiro atoms. The highest BCUT2D eigenvalue weighted by atomic mass is 16.5. The molecule has 0 aromatic heterocycles. The van der Waals surface area contributed by atoms with E-state index in [2.05, 4.69) is 48.3 Å². The number of benzene rings is 2. The van der Waals surface area contributed by atoms with Gasteiger partial charge in [-0.25, -0.2) is 0 Å². The lowest BCUT2D eigenvalue weighted by Crippen LogP contribution is -2.45. The smallest absolute Gasteiger partial charge is 0.251 e. The number of likely N-dealkylation sites (N-methyl/N-ethyl adjacent to an activating group) is 1. The maximum absolute atomic E-state index is 12.7. The number of carbonyl (C=O) groups excluding carboxylic acids is 1. The van der Waals surface area contributed by atoms with Crippen molar-refractivity contribution < 1.29 is 14.3 Å². The maximum Gasteiger partial charge on any atom is 0.251 e. The molecular weight excluding hydrogens is 376 g/mol. The molecule has 0 radical (unpaired) electrons. The van der Waals surface area contributed by atoms with Crippen LogP contribution in [0.15, 0.2) is 54.6 Å². The molecule has 162 valence electrons. The molecule has 0 bridgehead atoms. The Morgan fingerprint density at radius 3 is 2.50 bits per heavy atom. The van der Waals surface area contributed by atoms with E-state index in [0.717, 1.165) is 44.7 Å². The molecule has 1 amide bonds. The van der Waals surface area contributed by atoms with Crippen molar-refractivity contribution in [1.82, 2.24) is 10.2 Å². The molecule has 2 aromatic carbocycles. The maximum atomic E-state index is 12.7. The molecule has 0 saturated carbocycles. The molecule has 1 aliphatic rings. The van der Waals surface area contributed by atoms with Crippen LogP contribution in [-0.2, 0) is 11.2 Å². The molecule has 1 saturated heterocycles. The first-order chi connectivity index (χ1) is 14.7. The van der Waals surface area contributed by atoms with Crippen LogP contribution in [0.25, 0.3) is 0 Å². The third-order valence-electron chi connectivity index (χ3n) is 5.72. The van der Waals surface area contributed by atoms with Crippen LogP contribution >= 0.6 is 0 Å². The highest BCUT2D eigenvalue weighted by Gasteiger charge is 2.18. The lowest BCUT2D eigenvalue weighted by molar-refractivity contribution is 0.0679. The van der Waals surface area contributed by atoms with Crippen molar-refractivity contribution in [3.8, 4) is 5.75 Å². The zero-order chi connectivity index (χ0) is 21.2. The quantitative estimate of drug-likeness (QED) is 0.610. The molecular formula is C25H34N2O3. The molecule has 5 heteroatoms. The Labute approximate surface area is 180 Å². The van der Waals surface area contributed by atoms with Gasteiger partial charge in [-0.3, -0.25) is 9.69 Å². The van der Waals surface area contributed by atoms with Crippen molar-refractivity contribution in [2.24, 2.45) is 0 Å². The second kappa shape index (κ2) is 11.7. The summed E-state index contributed by atoms with van der Waals surface area (Å²) in [5, 5.41) is 3.12. The minimum Gasteiger partial charge on any atom is -0.491 e. The van der Waals surface area contributed by atoms with E-state index >= 15 is 0 Å². The predicted octanol–water partition coefficient (Wildman–Crippen LogP) is 3.93. The Morgan fingerprint density at radius 1 is 1.13 bits per heavy atom. The van der Waals surface area contributed by atoms with E-state index in [1.165, 1.54) is 5.56 Å². The topological polar surface area (TPSA) is 50.8 Å². The van der Waals surface area contributed by atoms with Crippen LogP contribution in [0.4, 0.5) is 0 Å². The molecule has 3 rings (SSSR count). The molecule has 5 nitrogen and oxygen atoms in total. The fraction of sp³-hybridized carbons (Fsp3) is 0.480. The van der Waals surface area contributed by atoms with Crippen LogP contribution < -0.4 is 10.1 Å². The van der Waals surface area contributed by atoms with E-state index in [1.807, 2.05) is 30.3 Å². The van der Waals surface area contributed by atoms with Gasteiger partial charge in [0.15, 0.2) is 0 Å². The summed E-state index contributed by atoms with van der Waals surface area (Å²) in [6, 6.07) is 18.1. The van der Waals surface area contributed by atoms with E-state index in [1.54, 1.807) is 0 Å². The second-order valence-corrected chi connectivity index (χ2v) is 7.75. The molecule has 0 aliphatic carbocycles. The number of rotatable bonds is 11. The molecule has 0 unspecified atom stereocenters. The third-order valence-corrected chi connectivity index (χ3v) is 5.72. The summed E-state index contributed by atoms with van der Waals surface area (Å²) in [4.78, 5) is 15.1. The van der Waals surface area contributed by atoms with E-state index in [0.29, 0.717) is 18.7 Å². The van der Waals surface area contributed by atoms with Crippen molar-refractivity contribution in [3.05, 3.63) is 65.7 Å². The van der Waals surface area contributed by atoms with Crippen molar-refractivity contribution in [1.29, 1.82) is 0 Å². The van der Waals surface area contributed by atoms with Gasteiger partial charge in [0.2, 0.25) is 0 Å². The van der Waals surface area contributed by atoms with Gasteiger partial charge in [0.05, 0.1) is 6.10 Å². The summed E-state index contributed by atoms with van der Waals surface area (Å²) in [6.45, 7) is 8.26. The largest absolute Gasteiger partial charge is 0.491 e. The minimum atomic E-state index is -0.0501. The van der Waals surface area contributed by atoms with Gasteiger partial charge in [0, 0.05) is 24.8 Å².